The number of methoxy groups -OCH3 is 2. The molecule has 0 aliphatic carbocycles. The summed E-state index contributed by atoms with van der Waals surface area (Å²) in [7, 11) is 3.31. The average molecular weight is 421 g/mol. The second kappa shape index (κ2) is 7.50. The molecule has 0 fully saturated rings. The van der Waals surface area contributed by atoms with E-state index in [9.17, 15) is 0 Å². The van der Waals surface area contributed by atoms with Gasteiger partial charge in [-0.1, -0.05) is 30.3 Å². The molecular weight excluding hydrogens is 398 g/mol. The predicted molar refractivity (Wildman–Crippen MR) is 129 cm³/mol. The standard InChI is InChI=1S/C28H23NO3/c1-30-25-10-8-20(15-26(25)31-2)28-23-16-32-12-11-21(23)27-22-14-18-6-4-3-5-17(18)13-19(22)7-9-24(27)29-28/h3-10,13-15H,11-12,16H2,1-2H3. The summed E-state index contributed by atoms with van der Waals surface area (Å²) in [4.78, 5) is 5.14. The first-order valence-electron chi connectivity index (χ1n) is 10.8. The van der Waals surface area contributed by atoms with Crippen molar-refractivity contribution in [3.63, 3.8) is 0 Å². The minimum Gasteiger partial charge on any atom is -0.493 e. The fraction of sp³-hybridized carbons (Fsp3) is 0.179. The number of hydrogen-bond acceptors (Lipinski definition) is 4. The number of aromatic nitrogens is 1. The summed E-state index contributed by atoms with van der Waals surface area (Å²) >= 11 is 0. The Hall–Kier alpha value is -3.63. The van der Waals surface area contributed by atoms with Gasteiger partial charge in [0.05, 0.1) is 38.6 Å². The molecule has 0 amide bonds. The topological polar surface area (TPSA) is 40.6 Å². The van der Waals surface area contributed by atoms with Crippen LogP contribution in [0.2, 0.25) is 0 Å². The SMILES string of the molecule is COc1ccc(-c2nc3ccc4cc5ccccc5cc4c3c3c2COCC3)cc1OC. The number of rotatable bonds is 3. The Morgan fingerprint density at radius 2 is 1.59 bits per heavy atom. The van der Waals surface area contributed by atoms with E-state index in [1.54, 1.807) is 14.2 Å². The maximum atomic E-state index is 5.89. The van der Waals surface area contributed by atoms with Crippen molar-refractivity contribution in [1.29, 1.82) is 0 Å². The molecule has 4 nitrogen and oxygen atoms in total. The van der Waals surface area contributed by atoms with Crippen LogP contribution in [0.5, 0.6) is 11.5 Å². The van der Waals surface area contributed by atoms with E-state index in [0.29, 0.717) is 18.1 Å². The van der Waals surface area contributed by atoms with Gasteiger partial charge in [-0.3, -0.25) is 0 Å². The summed E-state index contributed by atoms with van der Waals surface area (Å²) in [5.41, 5.74) is 5.47. The molecule has 0 bridgehead atoms. The molecule has 2 heterocycles. The van der Waals surface area contributed by atoms with Crippen LogP contribution in [0, 0.1) is 0 Å². The second-order valence-corrected chi connectivity index (χ2v) is 8.17. The monoisotopic (exact) mass is 421 g/mol. The molecule has 32 heavy (non-hydrogen) atoms. The Morgan fingerprint density at radius 3 is 2.41 bits per heavy atom. The first kappa shape index (κ1) is 19.1. The van der Waals surface area contributed by atoms with Crippen molar-refractivity contribution in [2.75, 3.05) is 20.8 Å². The first-order chi connectivity index (χ1) is 15.8. The van der Waals surface area contributed by atoms with E-state index in [-0.39, 0.29) is 0 Å². The Morgan fingerprint density at radius 1 is 0.781 bits per heavy atom. The van der Waals surface area contributed by atoms with E-state index in [1.165, 1.54) is 32.5 Å². The lowest BCUT2D eigenvalue weighted by Crippen LogP contribution is -2.13. The van der Waals surface area contributed by atoms with Crippen molar-refractivity contribution in [3.05, 3.63) is 77.9 Å². The zero-order valence-corrected chi connectivity index (χ0v) is 18.1. The van der Waals surface area contributed by atoms with Gasteiger partial charge in [-0.15, -0.1) is 0 Å². The molecule has 0 saturated heterocycles. The normalized spacial score (nSPS) is 13.4. The number of nitrogens with zero attached hydrogens (tertiary/aromatic N) is 1. The Balaban J connectivity index is 1.67. The third kappa shape index (κ3) is 2.91. The molecule has 4 heteroatoms. The summed E-state index contributed by atoms with van der Waals surface area (Å²) < 4.78 is 16.9. The minimum atomic E-state index is 0.561. The van der Waals surface area contributed by atoms with Crippen molar-refractivity contribution in [1.82, 2.24) is 4.98 Å². The smallest absolute Gasteiger partial charge is 0.161 e. The van der Waals surface area contributed by atoms with Crippen molar-refractivity contribution in [2.24, 2.45) is 0 Å². The van der Waals surface area contributed by atoms with Crippen LogP contribution in [0.15, 0.2) is 66.7 Å². The fourth-order valence-electron chi connectivity index (χ4n) is 4.90. The van der Waals surface area contributed by atoms with Gasteiger partial charge >= 0.3 is 0 Å². The summed E-state index contributed by atoms with van der Waals surface area (Å²) in [5.74, 6) is 1.40. The number of fused-ring (bicyclic) bond motifs is 6. The van der Waals surface area contributed by atoms with E-state index in [1.807, 2.05) is 18.2 Å². The lowest BCUT2D eigenvalue weighted by atomic mass is 9.90. The minimum absolute atomic E-state index is 0.561. The Labute approximate surface area is 186 Å². The Kier molecular flexibility index (Phi) is 4.47. The van der Waals surface area contributed by atoms with Gasteiger partial charge in [-0.05, 0) is 69.9 Å². The van der Waals surface area contributed by atoms with E-state index >= 15 is 0 Å². The molecule has 158 valence electrons. The molecule has 0 spiro atoms. The molecule has 5 aromatic rings. The lowest BCUT2D eigenvalue weighted by Gasteiger charge is -2.23. The quantitative estimate of drug-likeness (QED) is 0.253. The van der Waals surface area contributed by atoms with Crippen LogP contribution in [0.3, 0.4) is 0 Å². The van der Waals surface area contributed by atoms with Crippen LogP contribution < -0.4 is 9.47 Å². The zero-order valence-electron chi connectivity index (χ0n) is 18.1. The maximum Gasteiger partial charge on any atom is 0.161 e. The van der Waals surface area contributed by atoms with Crippen LogP contribution in [-0.4, -0.2) is 25.8 Å². The van der Waals surface area contributed by atoms with Gasteiger partial charge in [0.15, 0.2) is 11.5 Å². The summed E-state index contributed by atoms with van der Waals surface area (Å²) in [5, 5.41) is 6.25. The van der Waals surface area contributed by atoms with Gasteiger partial charge in [-0.2, -0.15) is 0 Å². The summed E-state index contributed by atoms with van der Waals surface area (Å²) in [6.45, 7) is 1.29. The average Bonchev–Trinajstić information content (AvgIpc) is 2.86. The second-order valence-electron chi connectivity index (χ2n) is 8.17. The predicted octanol–water partition coefficient (Wildman–Crippen LogP) is 6.30. The van der Waals surface area contributed by atoms with Gasteiger partial charge in [-0.25, -0.2) is 4.98 Å². The van der Waals surface area contributed by atoms with Gasteiger partial charge in [0, 0.05) is 16.5 Å². The highest BCUT2D eigenvalue weighted by Crippen LogP contribution is 2.39. The molecule has 0 unspecified atom stereocenters. The molecular formula is C28H23NO3. The van der Waals surface area contributed by atoms with Crippen molar-refractivity contribution >= 4 is 32.4 Å². The molecule has 1 aliphatic heterocycles. The van der Waals surface area contributed by atoms with Gasteiger partial charge in [0.25, 0.3) is 0 Å². The van der Waals surface area contributed by atoms with Crippen molar-refractivity contribution in [2.45, 2.75) is 13.0 Å². The zero-order chi connectivity index (χ0) is 21.7. The number of hydrogen-bond donors (Lipinski definition) is 0. The van der Waals surface area contributed by atoms with Crippen molar-refractivity contribution < 1.29 is 14.2 Å². The molecule has 6 rings (SSSR count). The number of ether oxygens (including phenoxy) is 3. The van der Waals surface area contributed by atoms with Crippen molar-refractivity contribution in [3.8, 4) is 22.8 Å². The first-order valence-corrected chi connectivity index (χ1v) is 10.8. The van der Waals surface area contributed by atoms with E-state index in [4.69, 9.17) is 19.2 Å². The lowest BCUT2D eigenvalue weighted by molar-refractivity contribution is 0.111. The summed E-state index contributed by atoms with van der Waals surface area (Å²) in [6.07, 6.45) is 0.876. The van der Waals surface area contributed by atoms with Crippen LogP contribution in [0.1, 0.15) is 11.1 Å². The Bertz CT molecular complexity index is 1510. The molecule has 0 N–H and O–H groups in total. The molecule has 1 aromatic heterocycles. The van der Waals surface area contributed by atoms with E-state index < -0.39 is 0 Å². The van der Waals surface area contributed by atoms with Crippen LogP contribution in [-0.2, 0) is 17.8 Å². The molecule has 0 saturated carbocycles. The third-order valence-corrected chi connectivity index (χ3v) is 6.45. The summed E-state index contributed by atoms with van der Waals surface area (Å²) in [6, 6.07) is 23.4. The van der Waals surface area contributed by atoms with Gasteiger partial charge in [0.1, 0.15) is 0 Å². The molecule has 4 aromatic carbocycles. The number of pyridine rings is 1. The van der Waals surface area contributed by atoms with E-state index in [0.717, 1.165) is 35.4 Å². The van der Waals surface area contributed by atoms with Gasteiger partial charge in [0.2, 0.25) is 0 Å². The fourth-order valence-corrected chi connectivity index (χ4v) is 4.90. The third-order valence-electron chi connectivity index (χ3n) is 6.45. The highest BCUT2D eigenvalue weighted by atomic mass is 16.5. The molecule has 0 radical (unpaired) electrons. The largest absolute Gasteiger partial charge is 0.493 e. The molecule has 1 aliphatic rings. The van der Waals surface area contributed by atoms with E-state index in [2.05, 4.69) is 48.5 Å². The molecule has 0 atom stereocenters. The van der Waals surface area contributed by atoms with Gasteiger partial charge < -0.3 is 14.2 Å². The highest BCUT2D eigenvalue weighted by molar-refractivity contribution is 6.13. The van der Waals surface area contributed by atoms with Crippen LogP contribution in [0.25, 0.3) is 43.7 Å². The highest BCUT2D eigenvalue weighted by Gasteiger charge is 2.22. The maximum absolute atomic E-state index is 5.89. The van der Waals surface area contributed by atoms with Crippen LogP contribution in [0.4, 0.5) is 0 Å². The number of benzene rings is 4. The van der Waals surface area contributed by atoms with Crippen LogP contribution >= 0.6 is 0 Å².